The third kappa shape index (κ3) is 4.91. The lowest BCUT2D eigenvalue weighted by molar-refractivity contribution is 0.195. The molecule has 4 aromatic rings. The van der Waals surface area contributed by atoms with Crippen LogP contribution >= 0.6 is 11.3 Å². The number of aromatic nitrogens is 4. The third-order valence-electron chi connectivity index (χ3n) is 7.01. The van der Waals surface area contributed by atoms with E-state index in [-0.39, 0.29) is 6.03 Å². The summed E-state index contributed by atoms with van der Waals surface area (Å²) in [7, 11) is 0. The smallest absolute Gasteiger partial charge is 0.317 e. The second kappa shape index (κ2) is 10.2. The Bertz CT molecular complexity index is 1400. The molecule has 6 rings (SSSR count). The van der Waals surface area contributed by atoms with E-state index in [0.29, 0.717) is 19.6 Å². The number of nitrogens with zero attached hydrogens (tertiary/aromatic N) is 5. The van der Waals surface area contributed by atoms with Gasteiger partial charge in [-0.3, -0.25) is 0 Å². The molecule has 186 valence electrons. The number of carbonyl (C=O) groups excluding carboxylic acids is 1. The molecule has 1 aromatic carbocycles. The van der Waals surface area contributed by atoms with Crippen LogP contribution in [-0.2, 0) is 0 Å². The Balaban J connectivity index is 1.10. The summed E-state index contributed by atoms with van der Waals surface area (Å²) in [5.74, 6) is 0.762. The number of H-pyrrole nitrogens is 1. The highest BCUT2D eigenvalue weighted by Crippen LogP contribution is 2.30. The first-order valence-electron chi connectivity index (χ1n) is 12.6. The molecule has 9 nitrogen and oxygen atoms in total. The first kappa shape index (κ1) is 22.9. The zero-order chi connectivity index (χ0) is 24.3. The summed E-state index contributed by atoms with van der Waals surface area (Å²) >= 11 is 1.62. The first-order chi connectivity index (χ1) is 17.7. The number of anilines is 2. The zero-order valence-corrected chi connectivity index (χ0v) is 21.0. The van der Waals surface area contributed by atoms with E-state index in [2.05, 4.69) is 53.7 Å². The van der Waals surface area contributed by atoms with Gasteiger partial charge in [0.2, 0.25) is 0 Å². The van der Waals surface area contributed by atoms with E-state index in [1.807, 2.05) is 22.5 Å². The lowest BCUT2D eigenvalue weighted by Gasteiger charge is -2.28. The van der Waals surface area contributed by atoms with Crippen molar-refractivity contribution >= 4 is 55.7 Å². The number of amides is 2. The second-order valence-electron chi connectivity index (χ2n) is 9.39. The maximum Gasteiger partial charge on any atom is 0.317 e. The Morgan fingerprint density at radius 1 is 1.08 bits per heavy atom. The molecular weight excluding hydrogens is 472 g/mol. The zero-order valence-electron chi connectivity index (χ0n) is 20.2. The van der Waals surface area contributed by atoms with Gasteiger partial charge in [0.15, 0.2) is 0 Å². The maximum absolute atomic E-state index is 12.6. The monoisotopic (exact) mass is 502 g/mol. The number of thiazole rings is 1. The fourth-order valence-electron chi connectivity index (χ4n) is 5.00. The Labute approximate surface area is 213 Å². The van der Waals surface area contributed by atoms with Gasteiger partial charge in [0, 0.05) is 37.6 Å². The maximum atomic E-state index is 12.6. The molecular formula is C26H30N8OS. The number of hydrogen-bond donors (Lipinski definition) is 3. The number of benzene rings is 1. The van der Waals surface area contributed by atoms with Gasteiger partial charge < -0.3 is 25.4 Å². The molecule has 1 fully saturated rings. The molecule has 10 heteroatoms. The standard InChI is InChI=1S/C26H30N8OS/c35-26(27-8-13-33-9-2-1-3-10-33)34-11-6-18(7-12-34)22-15-20-24(28-16-29-25(20)32-22)31-19-4-5-21-23(14-19)36-17-30-21/h4-6,14-17H,1-3,7-13H2,(H,27,35)(H2,28,29,31,32). The van der Waals surface area contributed by atoms with E-state index in [0.717, 1.165) is 64.5 Å². The Kier molecular flexibility index (Phi) is 6.52. The van der Waals surface area contributed by atoms with Crippen LogP contribution in [0.5, 0.6) is 0 Å². The van der Waals surface area contributed by atoms with E-state index in [9.17, 15) is 4.79 Å². The molecule has 1 saturated heterocycles. The van der Waals surface area contributed by atoms with Crippen molar-refractivity contribution in [2.75, 3.05) is 44.6 Å². The first-order valence-corrected chi connectivity index (χ1v) is 13.5. The summed E-state index contributed by atoms with van der Waals surface area (Å²) in [5.41, 5.74) is 6.83. The van der Waals surface area contributed by atoms with Crippen LogP contribution in [0.1, 0.15) is 31.4 Å². The van der Waals surface area contributed by atoms with Crippen LogP contribution < -0.4 is 10.6 Å². The predicted octanol–water partition coefficient (Wildman–Crippen LogP) is 4.60. The molecule has 0 spiro atoms. The Morgan fingerprint density at radius 3 is 2.86 bits per heavy atom. The molecule has 0 aliphatic carbocycles. The summed E-state index contributed by atoms with van der Waals surface area (Å²) in [6.45, 7) is 5.25. The highest BCUT2D eigenvalue weighted by molar-refractivity contribution is 7.16. The molecule has 0 atom stereocenters. The highest BCUT2D eigenvalue weighted by Gasteiger charge is 2.20. The quantitative estimate of drug-likeness (QED) is 0.356. The van der Waals surface area contributed by atoms with E-state index in [1.165, 1.54) is 24.8 Å². The van der Waals surface area contributed by atoms with Crippen molar-refractivity contribution in [3.05, 3.63) is 47.9 Å². The molecule has 2 amide bonds. The number of carbonyl (C=O) groups is 1. The predicted molar refractivity (Wildman–Crippen MR) is 145 cm³/mol. The number of urea groups is 1. The van der Waals surface area contributed by atoms with Crippen LogP contribution in [0, 0.1) is 0 Å². The summed E-state index contributed by atoms with van der Waals surface area (Å²) < 4.78 is 1.13. The second-order valence-corrected chi connectivity index (χ2v) is 10.3. The van der Waals surface area contributed by atoms with Crippen molar-refractivity contribution < 1.29 is 4.79 Å². The largest absolute Gasteiger partial charge is 0.340 e. The number of nitrogens with one attached hydrogen (secondary N) is 3. The van der Waals surface area contributed by atoms with Crippen molar-refractivity contribution in [2.45, 2.75) is 25.7 Å². The van der Waals surface area contributed by atoms with Crippen LogP contribution in [0.2, 0.25) is 0 Å². The number of rotatable bonds is 6. The van der Waals surface area contributed by atoms with Crippen molar-refractivity contribution in [3.8, 4) is 0 Å². The molecule has 3 aromatic heterocycles. The number of likely N-dealkylation sites (tertiary alicyclic amines) is 1. The van der Waals surface area contributed by atoms with Gasteiger partial charge in [-0.05, 0) is 62.2 Å². The number of aromatic amines is 1. The number of hydrogen-bond acceptors (Lipinski definition) is 7. The molecule has 3 N–H and O–H groups in total. The molecule has 36 heavy (non-hydrogen) atoms. The minimum absolute atomic E-state index is 0.0224. The molecule has 0 bridgehead atoms. The van der Waals surface area contributed by atoms with E-state index in [4.69, 9.17) is 0 Å². The lowest BCUT2D eigenvalue weighted by Crippen LogP contribution is -2.45. The SMILES string of the molecule is O=C(NCCN1CCCCC1)N1CC=C(c2cc3c(Nc4ccc5ncsc5c4)ncnc3[nH]2)CC1. The Morgan fingerprint density at radius 2 is 2.00 bits per heavy atom. The van der Waals surface area contributed by atoms with Gasteiger partial charge in [0.25, 0.3) is 0 Å². The van der Waals surface area contributed by atoms with Gasteiger partial charge in [-0.1, -0.05) is 12.5 Å². The molecule has 0 saturated carbocycles. The number of fused-ring (bicyclic) bond motifs is 2. The third-order valence-corrected chi connectivity index (χ3v) is 7.81. The van der Waals surface area contributed by atoms with Crippen LogP contribution in [-0.4, -0.2) is 75.0 Å². The van der Waals surface area contributed by atoms with E-state index in [1.54, 1.807) is 17.7 Å². The molecule has 2 aliphatic heterocycles. The Hall–Kier alpha value is -3.50. The summed E-state index contributed by atoms with van der Waals surface area (Å²) in [5, 5.41) is 7.47. The normalized spacial score (nSPS) is 16.9. The molecule has 0 radical (unpaired) electrons. The van der Waals surface area contributed by atoms with E-state index < -0.39 is 0 Å². The van der Waals surface area contributed by atoms with Gasteiger partial charge in [0.1, 0.15) is 17.8 Å². The molecule has 0 unspecified atom stereocenters. The average Bonchev–Trinajstić information content (AvgIpc) is 3.57. The van der Waals surface area contributed by atoms with Crippen LogP contribution in [0.3, 0.4) is 0 Å². The van der Waals surface area contributed by atoms with Crippen molar-refractivity contribution in [1.82, 2.24) is 35.1 Å². The topological polar surface area (TPSA) is 102 Å². The van der Waals surface area contributed by atoms with Crippen LogP contribution in [0.15, 0.2) is 42.2 Å². The van der Waals surface area contributed by atoms with Crippen LogP contribution in [0.25, 0.3) is 26.8 Å². The van der Waals surface area contributed by atoms with Crippen molar-refractivity contribution in [2.24, 2.45) is 0 Å². The van der Waals surface area contributed by atoms with Gasteiger partial charge in [-0.15, -0.1) is 11.3 Å². The lowest BCUT2D eigenvalue weighted by atomic mass is 10.1. The fraction of sp³-hybridized carbons (Fsp3) is 0.385. The van der Waals surface area contributed by atoms with Crippen molar-refractivity contribution in [3.63, 3.8) is 0 Å². The molecule has 2 aliphatic rings. The minimum Gasteiger partial charge on any atom is -0.340 e. The minimum atomic E-state index is 0.0224. The van der Waals surface area contributed by atoms with Gasteiger partial charge in [0.05, 0.1) is 21.1 Å². The summed E-state index contributed by atoms with van der Waals surface area (Å²) in [6, 6.07) is 8.24. The van der Waals surface area contributed by atoms with Gasteiger partial charge in [-0.25, -0.2) is 19.7 Å². The highest BCUT2D eigenvalue weighted by atomic mass is 32.1. The van der Waals surface area contributed by atoms with E-state index >= 15 is 0 Å². The van der Waals surface area contributed by atoms with Gasteiger partial charge >= 0.3 is 6.03 Å². The summed E-state index contributed by atoms with van der Waals surface area (Å²) in [4.78, 5) is 33.7. The van der Waals surface area contributed by atoms with Crippen molar-refractivity contribution in [1.29, 1.82) is 0 Å². The molecule has 5 heterocycles. The van der Waals surface area contributed by atoms with Gasteiger partial charge in [-0.2, -0.15) is 0 Å². The average molecular weight is 503 g/mol. The van der Waals surface area contributed by atoms with Crippen LogP contribution in [0.4, 0.5) is 16.3 Å². The number of piperidine rings is 1. The fourth-order valence-corrected chi connectivity index (χ4v) is 5.71. The summed E-state index contributed by atoms with van der Waals surface area (Å²) in [6.07, 6.45) is 8.37.